The summed E-state index contributed by atoms with van der Waals surface area (Å²) in [5.74, 6) is 2.76. The highest BCUT2D eigenvalue weighted by atomic mass is 16.3. The molecule has 1 aromatic rings. The van der Waals surface area contributed by atoms with Crippen molar-refractivity contribution in [3.63, 3.8) is 0 Å². The minimum atomic E-state index is -0.344. The predicted octanol–water partition coefficient (Wildman–Crippen LogP) is 3.89. The number of aromatic nitrogens is 2. The third kappa shape index (κ3) is 2.65. The van der Waals surface area contributed by atoms with Crippen molar-refractivity contribution in [1.29, 1.82) is 0 Å². The maximum atomic E-state index is 10.4. The van der Waals surface area contributed by atoms with Crippen LogP contribution in [0.2, 0.25) is 0 Å². The minimum Gasteiger partial charge on any atom is -0.388 e. The molecule has 0 amide bonds. The first-order chi connectivity index (χ1) is 10.2. The highest BCUT2D eigenvalue weighted by Crippen LogP contribution is 2.49. The molecular weight excluding hydrogens is 260 g/mol. The molecule has 4 unspecified atom stereocenters. The van der Waals surface area contributed by atoms with E-state index in [1.165, 1.54) is 31.4 Å². The van der Waals surface area contributed by atoms with Gasteiger partial charge in [-0.3, -0.25) is 4.68 Å². The van der Waals surface area contributed by atoms with E-state index in [-0.39, 0.29) is 6.10 Å². The summed E-state index contributed by atoms with van der Waals surface area (Å²) in [5, 5.41) is 15.3. The monoisotopic (exact) mass is 290 g/mol. The molecule has 3 rings (SSSR count). The Morgan fingerprint density at radius 1 is 1.19 bits per heavy atom. The van der Waals surface area contributed by atoms with Gasteiger partial charge in [-0.1, -0.05) is 27.2 Å². The molecule has 2 saturated carbocycles. The largest absolute Gasteiger partial charge is 0.388 e. The van der Waals surface area contributed by atoms with E-state index in [0.717, 1.165) is 54.8 Å². The van der Waals surface area contributed by atoms with Crippen molar-refractivity contribution in [3.8, 4) is 0 Å². The fourth-order valence-corrected chi connectivity index (χ4v) is 4.76. The SMILES string of the molecule is CCc1nn(CC2CC3CCC2C3)c(CC)c1C(O)CC. The van der Waals surface area contributed by atoms with Gasteiger partial charge in [0.1, 0.15) is 0 Å². The Kier molecular flexibility index (Phi) is 4.39. The van der Waals surface area contributed by atoms with Crippen molar-refractivity contribution in [2.75, 3.05) is 0 Å². The van der Waals surface area contributed by atoms with Crippen LogP contribution in [0.5, 0.6) is 0 Å². The fourth-order valence-electron chi connectivity index (χ4n) is 4.76. The van der Waals surface area contributed by atoms with Crippen molar-refractivity contribution < 1.29 is 5.11 Å². The molecule has 118 valence electrons. The summed E-state index contributed by atoms with van der Waals surface area (Å²) >= 11 is 0. The van der Waals surface area contributed by atoms with Gasteiger partial charge in [0.2, 0.25) is 0 Å². The van der Waals surface area contributed by atoms with Crippen molar-refractivity contribution in [1.82, 2.24) is 9.78 Å². The number of aryl methyl sites for hydroxylation is 1. The second-order valence-electron chi connectivity index (χ2n) is 7.06. The van der Waals surface area contributed by atoms with Gasteiger partial charge in [0.15, 0.2) is 0 Å². The van der Waals surface area contributed by atoms with E-state index in [4.69, 9.17) is 5.10 Å². The molecule has 2 aliphatic rings. The van der Waals surface area contributed by atoms with Crippen molar-refractivity contribution >= 4 is 0 Å². The van der Waals surface area contributed by atoms with Crippen LogP contribution < -0.4 is 0 Å². The summed E-state index contributed by atoms with van der Waals surface area (Å²) in [7, 11) is 0. The molecule has 0 aliphatic heterocycles. The molecule has 3 nitrogen and oxygen atoms in total. The van der Waals surface area contributed by atoms with Crippen LogP contribution in [0.15, 0.2) is 0 Å². The molecule has 1 aromatic heterocycles. The quantitative estimate of drug-likeness (QED) is 0.863. The number of nitrogens with zero attached hydrogens (tertiary/aromatic N) is 2. The molecule has 0 saturated heterocycles. The van der Waals surface area contributed by atoms with E-state index < -0.39 is 0 Å². The second kappa shape index (κ2) is 6.12. The van der Waals surface area contributed by atoms with Crippen LogP contribution >= 0.6 is 0 Å². The third-order valence-electron chi connectivity index (χ3n) is 5.86. The first kappa shape index (κ1) is 15.1. The van der Waals surface area contributed by atoms with Gasteiger partial charge in [-0.05, 0) is 56.3 Å². The lowest BCUT2D eigenvalue weighted by Crippen LogP contribution is -2.19. The summed E-state index contributed by atoms with van der Waals surface area (Å²) < 4.78 is 2.25. The smallest absolute Gasteiger partial charge is 0.0823 e. The zero-order valence-electron chi connectivity index (χ0n) is 13.8. The summed E-state index contributed by atoms with van der Waals surface area (Å²) in [6.45, 7) is 7.47. The zero-order chi connectivity index (χ0) is 15.0. The highest BCUT2D eigenvalue weighted by molar-refractivity contribution is 5.29. The van der Waals surface area contributed by atoms with Gasteiger partial charge in [-0.15, -0.1) is 0 Å². The Labute approximate surface area is 128 Å². The lowest BCUT2D eigenvalue weighted by Gasteiger charge is -2.22. The first-order valence-electron chi connectivity index (χ1n) is 8.94. The molecule has 2 aliphatic carbocycles. The van der Waals surface area contributed by atoms with Gasteiger partial charge in [0.25, 0.3) is 0 Å². The molecule has 0 spiro atoms. The minimum absolute atomic E-state index is 0.344. The van der Waals surface area contributed by atoms with Crippen LogP contribution in [0.1, 0.15) is 75.9 Å². The topological polar surface area (TPSA) is 38.0 Å². The number of fused-ring (bicyclic) bond motifs is 2. The molecule has 2 fully saturated rings. The van der Waals surface area contributed by atoms with Crippen LogP contribution in [0.3, 0.4) is 0 Å². The summed E-state index contributed by atoms with van der Waals surface area (Å²) in [6.07, 6.45) is 8.08. The number of aliphatic hydroxyl groups excluding tert-OH is 1. The molecule has 2 bridgehead atoms. The van der Waals surface area contributed by atoms with Crippen molar-refractivity contribution in [3.05, 3.63) is 17.0 Å². The highest BCUT2D eigenvalue weighted by Gasteiger charge is 2.40. The maximum Gasteiger partial charge on any atom is 0.0823 e. The number of rotatable bonds is 6. The lowest BCUT2D eigenvalue weighted by atomic mass is 9.89. The van der Waals surface area contributed by atoms with Crippen LogP contribution in [-0.4, -0.2) is 14.9 Å². The van der Waals surface area contributed by atoms with Crippen LogP contribution in [-0.2, 0) is 19.4 Å². The van der Waals surface area contributed by atoms with Gasteiger partial charge in [0.05, 0.1) is 11.8 Å². The van der Waals surface area contributed by atoms with Crippen molar-refractivity contribution in [2.45, 2.75) is 78.4 Å². The predicted molar refractivity (Wildman–Crippen MR) is 85.2 cm³/mol. The molecule has 4 atom stereocenters. The van der Waals surface area contributed by atoms with E-state index >= 15 is 0 Å². The Balaban J connectivity index is 1.86. The fraction of sp³-hybridized carbons (Fsp3) is 0.833. The number of hydrogen-bond donors (Lipinski definition) is 1. The average molecular weight is 290 g/mol. The van der Waals surface area contributed by atoms with E-state index in [2.05, 4.69) is 25.5 Å². The van der Waals surface area contributed by atoms with Gasteiger partial charge in [0, 0.05) is 17.8 Å². The Bertz CT molecular complexity index is 494. The lowest BCUT2D eigenvalue weighted by molar-refractivity contribution is 0.171. The molecule has 3 heteroatoms. The molecule has 0 radical (unpaired) electrons. The summed E-state index contributed by atoms with van der Waals surface area (Å²) in [4.78, 5) is 0. The third-order valence-corrected chi connectivity index (χ3v) is 5.86. The molecule has 1 N–H and O–H groups in total. The van der Waals surface area contributed by atoms with E-state index in [1.807, 2.05) is 0 Å². The molecule has 21 heavy (non-hydrogen) atoms. The Morgan fingerprint density at radius 3 is 2.52 bits per heavy atom. The van der Waals surface area contributed by atoms with Crippen molar-refractivity contribution in [2.24, 2.45) is 17.8 Å². The van der Waals surface area contributed by atoms with E-state index in [1.54, 1.807) is 0 Å². The summed E-state index contributed by atoms with van der Waals surface area (Å²) in [5.41, 5.74) is 3.53. The number of aliphatic hydroxyl groups is 1. The average Bonchev–Trinajstić information content (AvgIpc) is 3.19. The standard InChI is InChI=1S/C18H30N2O/c1-4-15-18(17(21)6-3)16(5-2)20(19-15)11-14-10-12-7-8-13(14)9-12/h12-14,17,21H,4-11H2,1-3H3. The second-order valence-corrected chi connectivity index (χ2v) is 7.06. The van der Waals surface area contributed by atoms with Crippen LogP contribution in [0.4, 0.5) is 0 Å². The van der Waals surface area contributed by atoms with Gasteiger partial charge in [-0.25, -0.2) is 0 Å². The van der Waals surface area contributed by atoms with E-state index in [9.17, 15) is 5.11 Å². The maximum absolute atomic E-state index is 10.4. The molecular formula is C18H30N2O. The van der Waals surface area contributed by atoms with Crippen LogP contribution in [0.25, 0.3) is 0 Å². The molecule has 0 aromatic carbocycles. The van der Waals surface area contributed by atoms with Crippen LogP contribution in [0, 0.1) is 17.8 Å². The first-order valence-corrected chi connectivity index (χ1v) is 8.94. The van der Waals surface area contributed by atoms with Gasteiger partial charge >= 0.3 is 0 Å². The van der Waals surface area contributed by atoms with E-state index in [0.29, 0.717) is 0 Å². The Hall–Kier alpha value is -0.830. The summed E-state index contributed by atoms with van der Waals surface area (Å²) in [6, 6.07) is 0. The molecule has 1 heterocycles. The zero-order valence-corrected chi connectivity index (χ0v) is 13.8. The van der Waals surface area contributed by atoms with Gasteiger partial charge < -0.3 is 5.11 Å². The number of hydrogen-bond acceptors (Lipinski definition) is 2. The van der Waals surface area contributed by atoms with Gasteiger partial charge in [-0.2, -0.15) is 5.10 Å². The Morgan fingerprint density at radius 2 is 2.00 bits per heavy atom. The normalized spacial score (nSPS) is 29.2.